The number of piperidine rings is 1. The van der Waals surface area contributed by atoms with Gasteiger partial charge in [-0.3, -0.25) is 4.90 Å². The Kier molecular flexibility index (Phi) is 6.17. The molecule has 0 amide bonds. The van der Waals surface area contributed by atoms with E-state index >= 15 is 0 Å². The highest BCUT2D eigenvalue weighted by atomic mass is 16.5. The smallest absolute Gasteiger partial charge is 0.123 e. The molecule has 0 aromatic heterocycles. The van der Waals surface area contributed by atoms with E-state index in [0.29, 0.717) is 0 Å². The molecule has 1 fully saturated rings. The van der Waals surface area contributed by atoms with Crippen molar-refractivity contribution in [3.05, 3.63) is 114 Å². The summed E-state index contributed by atoms with van der Waals surface area (Å²) in [6, 6.07) is 33.0. The number of rotatable bonds is 6. The normalized spacial score (nSPS) is 15.6. The molecule has 0 unspecified atom stereocenters. The van der Waals surface area contributed by atoms with Gasteiger partial charge < -0.3 is 9.84 Å². The van der Waals surface area contributed by atoms with Crippen molar-refractivity contribution in [3.63, 3.8) is 0 Å². The standard InChI is InChI=1S/C30H31NO2/c1-33-29-17-16-23-10-8-9-15-27(23)28(29)22-31-20-18-26(19-21-31)30(32,24-11-4-2-5-12-24)25-13-6-3-7-14-25/h2-17,26,32H,18-22H2,1H3. The van der Waals surface area contributed by atoms with Crippen molar-refractivity contribution in [2.75, 3.05) is 20.2 Å². The van der Waals surface area contributed by atoms with Crippen LogP contribution in [-0.4, -0.2) is 30.2 Å². The topological polar surface area (TPSA) is 32.7 Å². The van der Waals surface area contributed by atoms with Gasteiger partial charge in [0.1, 0.15) is 11.4 Å². The monoisotopic (exact) mass is 437 g/mol. The molecule has 0 radical (unpaired) electrons. The van der Waals surface area contributed by atoms with Crippen LogP contribution >= 0.6 is 0 Å². The highest BCUT2D eigenvalue weighted by molar-refractivity contribution is 5.87. The molecule has 0 saturated carbocycles. The zero-order chi connectivity index (χ0) is 22.7. The Bertz CT molecular complexity index is 1160. The molecule has 1 aliphatic rings. The Morgan fingerprint density at radius 2 is 1.36 bits per heavy atom. The van der Waals surface area contributed by atoms with Gasteiger partial charge in [0, 0.05) is 12.1 Å². The van der Waals surface area contributed by atoms with Crippen LogP contribution in [0.2, 0.25) is 0 Å². The molecule has 168 valence electrons. The van der Waals surface area contributed by atoms with Crippen molar-refractivity contribution in [1.82, 2.24) is 4.90 Å². The molecule has 1 N–H and O–H groups in total. The van der Waals surface area contributed by atoms with Gasteiger partial charge in [-0.25, -0.2) is 0 Å². The Morgan fingerprint density at radius 3 is 1.97 bits per heavy atom. The summed E-state index contributed by atoms with van der Waals surface area (Å²) < 4.78 is 5.72. The van der Waals surface area contributed by atoms with Crippen LogP contribution in [0, 0.1) is 5.92 Å². The fraction of sp³-hybridized carbons (Fsp3) is 0.267. The third-order valence-corrected chi connectivity index (χ3v) is 7.21. The van der Waals surface area contributed by atoms with Gasteiger partial charge in [-0.2, -0.15) is 0 Å². The van der Waals surface area contributed by atoms with E-state index in [-0.39, 0.29) is 5.92 Å². The molecule has 4 aromatic rings. The largest absolute Gasteiger partial charge is 0.496 e. The van der Waals surface area contributed by atoms with Crippen LogP contribution in [0.5, 0.6) is 5.75 Å². The Labute approximate surface area is 196 Å². The third kappa shape index (κ3) is 4.15. The maximum Gasteiger partial charge on any atom is 0.123 e. The summed E-state index contributed by atoms with van der Waals surface area (Å²) in [4.78, 5) is 2.50. The van der Waals surface area contributed by atoms with E-state index in [1.165, 1.54) is 16.3 Å². The number of fused-ring (bicyclic) bond motifs is 1. The lowest BCUT2D eigenvalue weighted by atomic mass is 9.72. The molecule has 0 aliphatic carbocycles. The molecular formula is C30H31NO2. The maximum absolute atomic E-state index is 12.1. The van der Waals surface area contributed by atoms with E-state index in [9.17, 15) is 5.11 Å². The summed E-state index contributed by atoms with van der Waals surface area (Å²) in [6.07, 6.45) is 1.88. The van der Waals surface area contributed by atoms with E-state index in [0.717, 1.165) is 49.4 Å². The van der Waals surface area contributed by atoms with E-state index < -0.39 is 5.60 Å². The van der Waals surface area contributed by atoms with Gasteiger partial charge in [-0.15, -0.1) is 0 Å². The molecule has 1 saturated heterocycles. The maximum atomic E-state index is 12.1. The fourth-order valence-electron chi connectivity index (χ4n) is 5.43. The molecular weight excluding hydrogens is 406 g/mol. The first-order chi connectivity index (χ1) is 16.2. The zero-order valence-corrected chi connectivity index (χ0v) is 19.2. The van der Waals surface area contributed by atoms with Gasteiger partial charge >= 0.3 is 0 Å². The Balaban J connectivity index is 1.39. The highest BCUT2D eigenvalue weighted by Crippen LogP contribution is 2.42. The van der Waals surface area contributed by atoms with Crippen molar-refractivity contribution in [3.8, 4) is 5.75 Å². The lowest BCUT2D eigenvalue weighted by molar-refractivity contribution is -0.0152. The molecule has 33 heavy (non-hydrogen) atoms. The van der Waals surface area contributed by atoms with Crippen LogP contribution in [-0.2, 0) is 12.1 Å². The number of hydrogen-bond donors (Lipinski definition) is 1. The van der Waals surface area contributed by atoms with Crippen molar-refractivity contribution >= 4 is 10.8 Å². The molecule has 0 atom stereocenters. The van der Waals surface area contributed by atoms with E-state index in [1.54, 1.807) is 7.11 Å². The third-order valence-electron chi connectivity index (χ3n) is 7.21. The summed E-state index contributed by atoms with van der Waals surface area (Å²) in [5, 5.41) is 14.6. The second-order valence-electron chi connectivity index (χ2n) is 9.02. The zero-order valence-electron chi connectivity index (χ0n) is 19.2. The molecule has 3 nitrogen and oxygen atoms in total. The SMILES string of the molecule is COc1ccc2ccccc2c1CN1CCC(C(O)(c2ccccc2)c2ccccc2)CC1. The van der Waals surface area contributed by atoms with Crippen LogP contribution in [0.1, 0.15) is 29.5 Å². The molecule has 0 bridgehead atoms. The minimum absolute atomic E-state index is 0.160. The quantitative estimate of drug-likeness (QED) is 0.402. The number of aliphatic hydroxyl groups is 1. The number of nitrogens with zero attached hydrogens (tertiary/aromatic N) is 1. The fourth-order valence-corrected chi connectivity index (χ4v) is 5.43. The summed E-state index contributed by atoms with van der Waals surface area (Å²) in [7, 11) is 1.75. The molecule has 1 aliphatic heterocycles. The van der Waals surface area contributed by atoms with Crippen LogP contribution in [0.3, 0.4) is 0 Å². The number of hydrogen-bond acceptors (Lipinski definition) is 3. The first kappa shape index (κ1) is 21.7. The summed E-state index contributed by atoms with van der Waals surface area (Å²) in [5.41, 5.74) is 2.22. The van der Waals surface area contributed by atoms with Crippen LogP contribution in [0.15, 0.2) is 97.1 Å². The van der Waals surface area contributed by atoms with Gasteiger partial charge in [-0.05, 0) is 59.8 Å². The van der Waals surface area contributed by atoms with Gasteiger partial charge in [0.25, 0.3) is 0 Å². The van der Waals surface area contributed by atoms with Crippen molar-refractivity contribution in [1.29, 1.82) is 0 Å². The van der Waals surface area contributed by atoms with Crippen molar-refractivity contribution in [2.24, 2.45) is 5.92 Å². The predicted molar refractivity (Wildman–Crippen MR) is 134 cm³/mol. The molecule has 5 rings (SSSR count). The number of benzene rings is 4. The number of ether oxygens (including phenoxy) is 1. The van der Waals surface area contributed by atoms with E-state index in [4.69, 9.17) is 4.74 Å². The van der Waals surface area contributed by atoms with Crippen molar-refractivity contribution in [2.45, 2.75) is 25.0 Å². The first-order valence-corrected chi connectivity index (χ1v) is 11.8. The van der Waals surface area contributed by atoms with Crippen LogP contribution < -0.4 is 4.74 Å². The average molecular weight is 438 g/mol. The highest BCUT2D eigenvalue weighted by Gasteiger charge is 2.41. The molecule has 3 heteroatoms. The second kappa shape index (κ2) is 9.38. The first-order valence-electron chi connectivity index (χ1n) is 11.8. The van der Waals surface area contributed by atoms with E-state index in [2.05, 4.69) is 65.6 Å². The summed E-state index contributed by atoms with van der Waals surface area (Å²) >= 11 is 0. The minimum atomic E-state index is -0.980. The van der Waals surface area contributed by atoms with Crippen LogP contribution in [0.4, 0.5) is 0 Å². The van der Waals surface area contributed by atoms with Gasteiger partial charge in [0.15, 0.2) is 0 Å². The van der Waals surface area contributed by atoms with E-state index in [1.807, 2.05) is 36.4 Å². The van der Waals surface area contributed by atoms with Gasteiger partial charge in [0.05, 0.1) is 7.11 Å². The van der Waals surface area contributed by atoms with Gasteiger partial charge in [0.2, 0.25) is 0 Å². The average Bonchev–Trinajstić information content (AvgIpc) is 2.90. The van der Waals surface area contributed by atoms with Crippen molar-refractivity contribution < 1.29 is 9.84 Å². The van der Waals surface area contributed by atoms with Crippen LogP contribution in [0.25, 0.3) is 10.8 Å². The number of likely N-dealkylation sites (tertiary alicyclic amines) is 1. The molecule has 1 heterocycles. The second-order valence-corrected chi connectivity index (χ2v) is 9.02. The molecule has 4 aromatic carbocycles. The number of methoxy groups -OCH3 is 1. The lowest BCUT2D eigenvalue weighted by Gasteiger charge is -2.42. The minimum Gasteiger partial charge on any atom is -0.496 e. The predicted octanol–water partition coefficient (Wildman–Crippen LogP) is 6.00. The van der Waals surface area contributed by atoms with Gasteiger partial charge in [-0.1, -0.05) is 91.0 Å². The molecule has 0 spiro atoms. The lowest BCUT2D eigenvalue weighted by Crippen LogP contribution is -2.44. The summed E-state index contributed by atoms with van der Waals surface area (Å²) in [5.74, 6) is 1.11. The Hall–Kier alpha value is -3.14. The Morgan fingerprint density at radius 1 is 0.788 bits per heavy atom. The summed E-state index contributed by atoms with van der Waals surface area (Å²) in [6.45, 7) is 2.74.